The molecule has 1 fully saturated rings. The second kappa shape index (κ2) is 4.86. The first-order valence-corrected chi connectivity index (χ1v) is 4.78. The van der Waals surface area contributed by atoms with Crippen LogP contribution in [0.1, 0.15) is 19.8 Å². The SMILES string of the molecule is C[C@@H]1CC[C@H](N=[N+]=[N-])[C@@H](O)CN1C(=O)O. The number of carboxylic acid groups (broad SMARTS) is 1. The van der Waals surface area contributed by atoms with Gasteiger partial charge in [-0.25, -0.2) is 4.79 Å². The van der Waals surface area contributed by atoms with Gasteiger partial charge in [0.2, 0.25) is 0 Å². The first-order valence-electron chi connectivity index (χ1n) is 4.78. The zero-order valence-corrected chi connectivity index (χ0v) is 8.44. The molecule has 1 heterocycles. The van der Waals surface area contributed by atoms with Gasteiger partial charge in [0, 0.05) is 11.0 Å². The minimum Gasteiger partial charge on any atom is -0.465 e. The Morgan fingerprint density at radius 3 is 2.80 bits per heavy atom. The highest BCUT2D eigenvalue weighted by atomic mass is 16.4. The van der Waals surface area contributed by atoms with Gasteiger partial charge in [-0.1, -0.05) is 5.11 Å². The summed E-state index contributed by atoms with van der Waals surface area (Å²) in [6.45, 7) is 1.78. The van der Waals surface area contributed by atoms with E-state index >= 15 is 0 Å². The second-order valence-electron chi connectivity index (χ2n) is 3.70. The summed E-state index contributed by atoms with van der Waals surface area (Å²) >= 11 is 0. The van der Waals surface area contributed by atoms with E-state index in [2.05, 4.69) is 10.0 Å². The van der Waals surface area contributed by atoms with Crippen LogP contribution in [-0.2, 0) is 0 Å². The van der Waals surface area contributed by atoms with Gasteiger partial charge in [0.25, 0.3) is 0 Å². The highest BCUT2D eigenvalue weighted by Gasteiger charge is 2.30. The fourth-order valence-corrected chi connectivity index (χ4v) is 1.73. The average molecular weight is 214 g/mol. The molecular weight excluding hydrogens is 200 g/mol. The van der Waals surface area contributed by atoms with E-state index in [1.807, 2.05) is 0 Å². The van der Waals surface area contributed by atoms with E-state index in [4.69, 9.17) is 10.6 Å². The molecule has 0 radical (unpaired) electrons. The lowest BCUT2D eigenvalue weighted by molar-refractivity contribution is 0.0834. The number of hydrogen-bond acceptors (Lipinski definition) is 3. The molecule has 1 aliphatic heterocycles. The van der Waals surface area contributed by atoms with Crippen molar-refractivity contribution in [1.82, 2.24) is 4.90 Å². The number of likely N-dealkylation sites (tertiary alicyclic amines) is 1. The number of rotatable bonds is 1. The monoisotopic (exact) mass is 214 g/mol. The number of carbonyl (C=O) groups is 1. The fraction of sp³-hybridized carbons (Fsp3) is 0.875. The molecule has 1 aliphatic rings. The highest BCUT2D eigenvalue weighted by molar-refractivity contribution is 5.65. The van der Waals surface area contributed by atoms with Crippen LogP contribution in [0.15, 0.2) is 5.11 Å². The molecular formula is C8H14N4O3. The predicted octanol–water partition coefficient (Wildman–Crippen LogP) is 1.19. The Hall–Kier alpha value is -1.46. The Kier molecular flexibility index (Phi) is 3.76. The first-order chi connectivity index (χ1) is 7.06. The molecule has 0 unspecified atom stereocenters. The predicted molar refractivity (Wildman–Crippen MR) is 52.4 cm³/mol. The maximum Gasteiger partial charge on any atom is 0.407 e. The lowest BCUT2D eigenvalue weighted by atomic mass is 10.1. The average Bonchev–Trinajstić information content (AvgIpc) is 2.31. The molecule has 0 aromatic heterocycles. The van der Waals surface area contributed by atoms with Crippen LogP contribution in [0.4, 0.5) is 4.79 Å². The van der Waals surface area contributed by atoms with Crippen molar-refractivity contribution in [3.63, 3.8) is 0 Å². The van der Waals surface area contributed by atoms with Crippen LogP contribution in [0.25, 0.3) is 10.4 Å². The van der Waals surface area contributed by atoms with E-state index < -0.39 is 18.2 Å². The van der Waals surface area contributed by atoms with Gasteiger partial charge in [-0.3, -0.25) is 0 Å². The van der Waals surface area contributed by atoms with Crippen LogP contribution in [0.3, 0.4) is 0 Å². The standard InChI is InChI=1S/C8H14N4O3/c1-5-2-3-6(10-11-9)7(13)4-12(5)8(14)15/h5-7,13H,2-4H2,1H3,(H,14,15)/t5-,6+,7+/m1/s1. The number of aliphatic hydroxyl groups excluding tert-OH is 1. The molecule has 84 valence electrons. The van der Waals surface area contributed by atoms with Gasteiger partial charge in [0.05, 0.1) is 18.7 Å². The van der Waals surface area contributed by atoms with Gasteiger partial charge in [0.15, 0.2) is 0 Å². The summed E-state index contributed by atoms with van der Waals surface area (Å²) in [4.78, 5) is 14.7. The topological polar surface area (TPSA) is 110 Å². The molecule has 1 saturated heterocycles. The Balaban J connectivity index is 2.77. The lowest BCUT2D eigenvalue weighted by Crippen LogP contribution is -2.42. The van der Waals surface area contributed by atoms with Crippen molar-refractivity contribution in [2.45, 2.75) is 38.0 Å². The summed E-state index contributed by atoms with van der Waals surface area (Å²) in [6, 6.07) is -0.683. The zero-order chi connectivity index (χ0) is 11.4. The Morgan fingerprint density at radius 2 is 2.27 bits per heavy atom. The molecule has 7 heteroatoms. The van der Waals surface area contributed by atoms with Crippen molar-refractivity contribution in [1.29, 1.82) is 0 Å². The summed E-state index contributed by atoms with van der Waals surface area (Å²) in [6.07, 6.45) is -0.867. The molecule has 2 N–H and O–H groups in total. The number of aliphatic hydroxyl groups is 1. The van der Waals surface area contributed by atoms with E-state index in [0.29, 0.717) is 12.8 Å². The Bertz CT molecular complexity index is 290. The van der Waals surface area contributed by atoms with Crippen molar-refractivity contribution >= 4 is 6.09 Å². The third-order valence-electron chi connectivity index (χ3n) is 2.69. The number of amides is 1. The van der Waals surface area contributed by atoms with Crippen molar-refractivity contribution in [2.75, 3.05) is 6.54 Å². The van der Waals surface area contributed by atoms with Crippen molar-refractivity contribution < 1.29 is 15.0 Å². The van der Waals surface area contributed by atoms with E-state index in [0.717, 1.165) is 0 Å². The van der Waals surface area contributed by atoms with Gasteiger partial charge in [0.1, 0.15) is 0 Å². The number of azide groups is 1. The Labute approximate surface area is 86.9 Å². The third kappa shape index (κ3) is 2.74. The number of nitrogens with zero attached hydrogens (tertiary/aromatic N) is 4. The maximum atomic E-state index is 10.8. The van der Waals surface area contributed by atoms with Crippen molar-refractivity contribution in [2.24, 2.45) is 5.11 Å². The molecule has 1 amide bonds. The van der Waals surface area contributed by atoms with Gasteiger partial charge in [-0.15, -0.1) is 0 Å². The van der Waals surface area contributed by atoms with Crippen LogP contribution in [-0.4, -0.2) is 45.9 Å². The van der Waals surface area contributed by atoms with Crippen molar-refractivity contribution in [3.8, 4) is 0 Å². The molecule has 0 aliphatic carbocycles. The minimum absolute atomic E-state index is 0.000185. The van der Waals surface area contributed by atoms with Crippen LogP contribution < -0.4 is 0 Å². The zero-order valence-electron chi connectivity index (χ0n) is 8.44. The molecule has 0 bridgehead atoms. The smallest absolute Gasteiger partial charge is 0.407 e. The van der Waals surface area contributed by atoms with E-state index in [1.165, 1.54) is 4.90 Å². The molecule has 0 saturated carbocycles. The largest absolute Gasteiger partial charge is 0.465 e. The molecule has 0 aromatic rings. The maximum absolute atomic E-state index is 10.8. The Morgan fingerprint density at radius 1 is 1.60 bits per heavy atom. The van der Waals surface area contributed by atoms with Crippen LogP contribution in [0.5, 0.6) is 0 Å². The number of hydrogen-bond donors (Lipinski definition) is 2. The molecule has 3 atom stereocenters. The minimum atomic E-state index is -1.05. The molecule has 1 rings (SSSR count). The van der Waals surface area contributed by atoms with Crippen LogP contribution in [0.2, 0.25) is 0 Å². The lowest BCUT2D eigenvalue weighted by Gasteiger charge is -2.25. The summed E-state index contributed by atoms with van der Waals surface area (Å²) < 4.78 is 0. The fourth-order valence-electron chi connectivity index (χ4n) is 1.73. The van der Waals surface area contributed by atoms with Crippen molar-refractivity contribution in [3.05, 3.63) is 10.4 Å². The van der Waals surface area contributed by atoms with E-state index in [1.54, 1.807) is 6.92 Å². The molecule has 7 nitrogen and oxygen atoms in total. The van der Waals surface area contributed by atoms with Crippen LogP contribution >= 0.6 is 0 Å². The van der Waals surface area contributed by atoms with Gasteiger partial charge >= 0.3 is 6.09 Å². The molecule has 0 aromatic carbocycles. The van der Waals surface area contributed by atoms with Gasteiger partial charge in [-0.2, -0.15) is 0 Å². The summed E-state index contributed by atoms with van der Waals surface area (Å²) in [5, 5.41) is 22.0. The molecule has 15 heavy (non-hydrogen) atoms. The van der Waals surface area contributed by atoms with Gasteiger partial charge in [-0.05, 0) is 25.3 Å². The summed E-state index contributed by atoms with van der Waals surface area (Å²) in [5.74, 6) is 0. The number of β-amino-alcohol motifs (C(OH)–C–C–N with tert-alkyl or cyclic N) is 1. The summed E-state index contributed by atoms with van der Waals surface area (Å²) in [5.41, 5.74) is 8.29. The van der Waals surface area contributed by atoms with Gasteiger partial charge < -0.3 is 15.1 Å². The molecule has 0 spiro atoms. The van der Waals surface area contributed by atoms with E-state index in [9.17, 15) is 9.90 Å². The second-order valence-corrected chi connectivity index (χ2v) is 3.70. The highest BCUT2D eigenvalue weighted by Crippen LogP contribution is 2.19. The first kappa shape index (κ1) is 11.6. The summed E-state index contributed by atoms with van der Waals surface area (Å²) in [7, 11) is 0. The normalized spacial score (nSPS) is 31.6. The van der Waals surface area contributed by atoms with Crippen LogP contribution in [0, 0.1) is 0 Å². The third-order valence-corrected chi connectivity index (χ3v) is 2.69. The van der Waals surface area contributed by atoms with E-state index in [-0.39, 0.29) is 12.6 Å². The quantitative estimate of drug-likeness (QED) is 0.388.